The molecule has 10 heteroatoms. The number of piperidine rings is 1. The van der Waals surface area contributed by atoms with E-state index in [1.807, 2.05) is 48.5 Å². The van der Waals surface area contributed by atoms with Crippen molar-refractivity contribution in [2.45, 2.75) is 62.8 Å². The second-order valence-corrected chi connectivity index (χ2v) is 13.5. The first-order valence-electron chi connectivity index (χ1n) is 13.3. The van der Waals surface area contributed by atoms with Crippen molar-refractivity contribution in [1.82, 2.24) is 14.5 Å². The van der Waals surface area contributed by atoms with Crippen molar-refractivity contribution in [3.63, 3.8) is 0 Å². The van der Waals surface area contributed by atoms with Crippen molar-refractivity contribution in [2.24, 2.45) is 5.73 Å². The molecule has 39 heavy (non-hydrogen) atoms. The highest BCUT2D eigenvalue weighted by Gasteiger charge is 2.48. The fourth-order valence-electron chi connectivity index (χ4n) is 5.65. The number of rotatable bonds is 9. The molecule has 9 nitrogen and oxygen atoms in total. The Bertz CT molecular complexity index is 1280. The molecule has 2 atom stereocenters. The van der Waals surface area contributed by atoms with E-state index >= 15 is 0 Å². The molecule has 3 N–H and O–H groups in total. The topological polar surface area (TPSA) is 122 Å². The highest BCUT2D eigenvalue weighted by atomic mass is 32.2. The van der Waals surface area contributed by atoms with Gasteiger partial charge in [-0.05, 0) is 49.8 Å². The number of hydrogen-bond donors (Lipinski definition) is 2. The van der Waals surface area contributed by atoms with Crippen molar-refractivity contribution in [3.05, 3.63) is 71.3 Å². The number of nitrogens with two attached hydrogens (primary N) is 1. The molecule has 0 aromatic heterocycles. The molecule has 1 heterocycles. The summed E-state index contributed by atoms with van der Waals surface area (Å²) in [5.41, 5.74) is 7.82. The predicted octanol–water partition coefficient (Wildman–Crippen LogP) is 2.32. The minimum Gasteiger partial charge on any atom is -0.374 e. The van der Waals surface area contributed by atoms with Crippen molar-refractivity contribution in [2.75, 3.05) is 33.0 Å². The minimum absolute atomic E-state index is 0.0290. The smallest absolute Gasteiger partial charge is 0.247 e. The van der Waals surface area contributed by atoms with Crippen LogP contribution in [0.2, 0.25) is 0 Å². The maximum absolute atomic E-state index is 13.7. The van der Waals surface area contributed by atoms with Gasteiger partial charge in [0.2, 0.25) is 21.8 Å². The molecule has 0 radical (unpaired) electrons. The maximum Gasteiger partial charge on any atom is 0.247 e. The number of benzene rings is 2. The van der Waals surface area contributed by atoms with Gasteiger partial charge in [0.05, 0.1) is 31.1 Å². The van der Waals surface area contributed by atoms with Crippen LogP contribution >= 0.6 is 0 Å². The van der Waals surface area contributed by atoms with Gasteiger partial charge >= 0.3 is 0 Å². The summed E-state index contributed by atoms with van der Waals surface area (Å²) in [7, 11) is -1.73. The number of carbonyl (C=O) groups is 2. The number of hydrogen-bond acceptors (Lipinski definition) is 6. The van der Waals surface area contributed by atoms with Gasteiger partial charge in [-0.15, -0.1) is 0 Å². The number of sulfonamides is 1. The Hall–Kier alpha value is -2.79. The Morgan fingerprint density at radius 1 is 1.13 bits per heavy atom. The van der Waals surface area contributed by atoms with Crippen LogP contribution in [0.4, 0.5) is 0 Å². The van der Waals surface area contributed by atoms with Crippen LogP contribution < -0.4 is 11.1 Å². The Morgan fingerprint density at radius 2 is 1.74 bits per heavy atom. The van der Waals surface area contributed by atoms with E-state index in [-0.39, 0.29) is 24.0 Å². The van der Waals surface area contributed by atoms with Gasteiger partial charge in [0, 0.05) is 25.6 Å². The lowest BCUT2D eigenvalue weighted by molar-refractivity contribution is -0.140. The van der Waals surface area contributed by atoms with Crippen LogP contribution in [-0.2, 0) is 36.4 Å². The molecule has 0 bridgehead atoms. The average molecular weight is 557 g/mol. The van der Waals surface area contributed by atoms with Gasteiger partial charge < -0.3 is 20.7 Å². The zero-order chi connectivity index (χ0) is 28.4. The quantitative estimate of drug-likeness (QED) is 0.489. The van der Waals surface area contributed by atoms with Crippen LogP contribution in [0.1, 0.15) is 55.8 Å². The van der Waals surface area contributed by atoms with Gasteiger partial charge in [-0.2, -0.15) is 4.31 Å². The van der Waals surface area contributed by atoms with Gasteiger partial charge in [-0.3, -0.25) is 9.59 Å². The van der Waals surface area contributed by atoms with E-state index in [0.717, 1.165) is 11.1 Å². The maximum atomic E-state index is 13.7. The average Bonchev–Trinajstić information content (AvgIpc) is 3.21. The summed E-state index contributed by atoms with van der Waals surface area (Å²) in [5, 5.41) is 2.80. The third-order valence-electron chi connectivity index (χ3n) is 8.05. The van der Waals surface area contributed by atoms with E-state index in [9.17, 15) is 18.0 Å². The molecular weight excluding hydrogens is 516 g/mol. The van der Waals surface area contributed by atoms with Crippen LogP contribution in [-0.4, -0.2) is 74.0 Å². The number of amides is 2. The first-order chi connectivity index (χ1) is 18.3. The third-order valence-corrected chi connectivity index (χ3v) is 9.35. The molecule has 2 amide bonds. The van der Waals surface area contributed by atoms with Crippen LogP contribution in [0, 0.1) is 0 Å². The summed E-state index contributed by atoms with van der Waals surface area (Å²) >= 11 is 0. The fourth-order valence-corrected chi connectivity index (χ4v) is 6.30. The van der Waals surface area contributed by atoms with Crippen LogP contribution in [0.3, 0.4) is 0 Å². The molecule has 212 valence electrons. The molecule has 1 fully saturated rings. The summed E-state index contributed by atoms with van der Waals surface area (Å²) < 4.78 is 32.1. The van der Waals surface area contributed by atoms with Crippen molar-refractivity contribution in [3.8, 4) is 0 Å². The van der Waals surface area contributed by atoms with Gasteiger partial charge in [0.15, 0.2) is 0 Å². The van der Waals surface area contributed by atoms with E-state index in [4.69, 9.17) is 10.5 Å². The Balaban J connectivity index is 1.47. The minimum atomic E-state index is -3.37. The zero-order valence-electron chi connectivity index (χ0n) is 23.2. The summed E-state index contributed by atoms with van der Waals surface area (Å²) in [6, 6.07) is 16.6. The van der Waals surface area contributed by atoms with E-state index in [1.54, 1.807) is 25.8 Å². The van der Waals surface area contributed by atoms with Crippen molar-refractivity contribution < 1.29 is 22.7 Å². The fraction of sp³-hybridized carbons (Fsp3) is 0.517. The molecule has 2 aromatic carbocycles. The molecule has 1 saturated heterocycles. The Morgan fingerprint density at radius 3 is 2.36 bits per heavy atom. The number of nitrogens with zero attached hydrogens (tertiary/aromatic N) is 2. The molecule has 1 aliphatic heterocycles. The number of ether oxygens (including phenoxy) is 1. The van der Waals surface area contributed by atoms with Crippen LogP contribution in [0.5, 0.6) is 0 Å². The standard InChI is InChI=1S/C29H40N4O5S/c1-28(2,30)27(35)31-24(20-38-19-21-10-6-5-7-11-21)26(34)33-16-14-29(15-17-33)18-25(32(3)39(4,36)37)22-12-8-9-13-23(22)29/h5-13,24-25H,14-20,30H2,1-4H3,(H,31,35)/t24-,25?/m1/s1. The van der Waals surface area contributed by atoms with E-state index < -0.39 is 27.5 Å². The lowest BCUT2D eigenvalue weighted by Gasteiger charge is -2.41. The predicted molar refractivity (Wildman–Crippen MR) is 150 cm³/mol. The van der Waals surface area contributed by atoms with Crippen LogP contribution in [0.15, 0.2) is 54.6 Å². The second kappa shape index (κ2) is 11.4. The highest BCUT2D eigenvalue weighted by Crippen LogP contribution is 2.52. The van der Waals surface area contributed by atoms with Gasteiger partial charge in [-0.25, -0.2) is 8.42 Å². The largest absolute Gasteiger partial charge is 0.374 e. The third kappa shape index (κ3) is 6.51. The van der Waals surface area contributed by atoms with E-state index in [1.165, 1.54) is 16.1 Å². The molecule has 2 aromatic rings. The van der Waals surface area contributed by atoms with Crippen molar-refractivity contribution >= 4 is 21.8 Å². The normalized spacial score (nSPS) is 19.6. The monoisotopic (exact) mass is 556 g/mol. The van der Waals surface area contributed by atoms with Crippen LogP contribution in [0.25, 0.3) is 0 Å². The Labute approximate surface area is 231 Å². The lowest BCUT2D eigenvalue weighted by Crippen LogP contribution is -2.59. The van der Waals surface area contributed by atoms with E-state index in [2.05, 4.69) is 11.4 Å². The molecule has 4 rings (SSSR count). The summed E-state index contributed by atoms with van der Waals surface area (Å²) in [6.45, 7) is 4.55. The summed E-state index contributed by atoms with van der Waals surface area (Å²) in [6.07, 6.45) is 3.33. The van der Waals surface area contributed by atoms with Crippen molar-refractivity contribution in [1.29, 1.82) is 0 Å². The van der Waals surface area contributed by atoms with E-state index in [0.29, 0.717) is 39.0 Å². The molecule has 2 aliphatic rings. The highest BCUT2D eigenvalue weighted by molar-refractivity contribution is 7.88. The van der Waals surface area contributed by atoms with Gasteiger partial charge in [-0.1, -0.05) is 54.6 Å². The SMILES string of the molecule is CN(C1CC2(CCN(C(=O)[C@@H](COCc3ccccc3)NC(=O)C(C)(C)N)CC2)c2ccccc21)S(C)(=O)=O. The second-order valence-electron chi connectivity index (χ2n) is 11.4. The molecule has 0 saturated carbocycles. The lowest BCUT2D eigenvalue weighted by atomic mass is 9.73. The van der Waals surface area contributed by atoms with Gasteiger partial charge in [0.25, 0.3) is 0 Å². The number of nitrogens with one attached hydrogen (secondary N) is 1. The van der Waals surface area contributed by atoms with Gasteiger partial charge in [0.1, 0.15) is 6.04 Å². The summed E-state index contributed by atoms with van der Waals surface area (Å²) in [5.74, 6) is -0.624. The number of fused-ring (bicyclic) bond motifs is 2. The first kappa shape index (κ1) is 29.2. The Kier molecular flexibility index (Phi) is 8.51. The molecule has 1 unspecified atom stereocenters. The molecular formula is C29H40N4O5S. The molecule has 1 spiro atoms. The zero-order valence-corrected chi connectivity index (χ0v) is 24.0. The molecule has 1 aliphatic carbocycles. The number of likely N-dealkylation sites (tertiary alicyclic amines) is 1. The summed E-state index contributed by atoms with van der Waals surface area (Å²) in [4.78, 5) is 28.1. The number of carbonyl (C=O) groups excluding carboxylic acids is 2. The first-order valence-corrected chi connectivity index (χ1v) is 15.2.